The van der Waals surface area contributed by atoms with E-state index in [0.29, 0.717) is 23.4 Å². The third kappa shape index (κ3) is 3.87. The van der Waals surface area contributed by atoms with Gasteiger partial charge in [0.05, 0.1) is 5.56 Å². The number of halogens is 1. The van der Waals surface area contributed by atoms with Crippen molar-refractivity contribution >= 4 is 17.5 Å². The summed E-state index contributed by atoms with van der Waals surface area (Å²) < 4.78 is 0. The number of aromatic hydroxyl groups is 1. The van der Waals surface area contributed by atoms with Crippen LogP contribution in [0.4, 0.5) is 0 Å². The summed E-state index contributed by atoms with van der Waals surface area (Å²) in [7, 11) is 0. The molecule has 2 N–H and O–H groups in total. The number of phenolic OH excluding ortho intramolecular Hbond substituents is 1. The number of rotatable bonds is 3. The summed E-state index contributed by atoms with van der Waals surface area (Å²) in [6, 6.07) is 5.05. The summed E-state index contributed by atoms with van der Waals surface area (Å²) in [5.41, 5.74) is 1.32. The Labute approximate surface area is 119 Å². The van der Waals surface area contributed by atoms with E-state index < -0.39 is 0 Å². The molecule has 0 radical (unpaired) electrons. The molecule has 0 atom stereocenters. The van der Waals surface area contributed by atoms with E-state index >= 15 is 0 Å². The molecule has 4 heteroatoms. The van der Waals surface area contributed by atoms with Crippen molar-refractivity contribution in [3.05, 3.63) is 29.3 Å². The van der Waals surface area contributed by atoms with Gasteiger partial charge in [0.1, 0.15) is 5.75 Å². The molecular weight excluding hydrogens is 262 g/mol. The number of hydrogen-bond donors (Lipinski definition) is 2. The molecule has 1 amide bonds. The zero-order chi connectivity index (χ0) is 13.8. The van der Waals surface area contributed by atoms with Crippen molar-refractivity contribution in [1.82, 2.24) is 5.32 Å². The minimum absolute atomic E-state index is 0.0348. The fourth-order valence-corrected chi connectivity index (χ4v) is 2.74. The molecule has 1 aromatic rings. The summed E-state index contributed by atoms with van der Waals surface area (Å²) in [6.07, 6.45) is 4.18. The van der Waals surface area contributed by atoms with Crippen LogP contribution in [0, 0.1) is 12.8 Å². The van der Waals surface area contributed by atoms with Crippen LogP contribution in [-0.4, -0.2) is 22.9 Å². The van der Waals surface area contributed by atoms with Crippen molar-refractivity contribution in [2.75, 3.05) is 6.54 Å². The van der Waals surface area contributed by atoms with Gasteiger partial charge in [-0.3, -0.25) is 4.79 Å². The fraction of sp³-hybridized carbons (Fsp3) is 0.533. The SMILES string of the molecule is Cc1ccc(O)c(C(=O)NCC2CCC(Cl)CC2)c1. The van der Waals surface area contributed by atoms with Crippen LogP contribution in [0.5, 0.6) is 5.75 Å². The van der Waals surface area contributed by atoms with Gasteiger partial charge in [-0.1, -0.05) is 11.6 Å². The molecule has 0 spiro atoms. The Morgan fingerprint density at radius 2 is 2.05 bits per heavy atom. The second-order valence-electron chi connectivity index (χ2n) is 5.35. The minimum Gasteiger partial charge on any atom is -0.507 e. The van der Waals surface area contributed by atoms with E-state index in [4.69, 9.17) is 11.6 Å². The zero-order valence-corrected chi connectivity index (χ0v) is 11.9. The third-order valence-electron chi connectivity index (χ3n) is 3.72. The first-order valence-electron chi connectivity index (χ1n) is 6.78. The summed E-state index contributed by atoms with van der Waals surface area (Å²) in [5.74, 6) is 0.340. The van der Waals surface area contributed by atoms with Crippen molar-refractivity contribution in [2.24, 2.45) is 5.92 Å². The molecule has 104 valence electrons. The zero-order valence-electron chi connectivity index (χ0n) is 11.2. The highest BCUT2D eigenvalue weighted by Crippen LogP contribution is 2.27. The lowest BCUT2D eigenvalue weighted by atomic mass is 9.89. The van der Waals surface area contributed by atoms with E-state index in [9.17, 15) is 9.90 Å². The van der Waals surface area contributed by atoms with E-state index in [1.54, 1.807) is 18.2 Å². The Bertz CT molecular complexity index is 453. The third-order valence-corrected chi connectivity index (χ3v) is 4.16. The van der Waals surface area contributed by atoms with Gasteiger partial charge in [-0.15, -0.1) is 11.6 Å². The first-order valence-corrected chi connectivity index (χ1v) is 7.22. The number of aryl methyl sites for hydroxylation is 1. The monoisotopic (exact) mass is 281 g/mol. The Morgan fingerprint density at radius 3 is 2.74 bits per heavy atom. The van der Waals surface area contributed by atoms with Crippen LogP contribution in [0.1, 0.15) is 41.6 Å². The van der Waals surface area contributed by atoms with Gasteiger partial charge in [-0.2, -0.15) is 0 Å². The minimum atomic E-state index is -0.200. The molecule has 3 nitrogen and oxygen atoms in total. The molecule has 1 aliphatic carbocycles. The number of alkyl halides is 1. The molecule has 1 aromatic carbocycles. The predicted octanol–water partition coefficient (Wildman–Crippen LogP) is 3.23. The molecular formula is C15H20ClNO2. The standard InChI is InChI=1S/C15H20ClNO2/c1-10-2-7-14(18)13(8-10)15(19)17-9-11-3-5-12(16)6-4-11/h2,7-8,11-12,18H,3-6,9H2,1H3,(H,17,19). The molecule has 0 heterocycles. The van der Waals surface area contributed by atoms with Crippen LogP contribution in [0.2, 0.25) is 0 Å². The number of carbonyl (C=O) groups excluding carboxylic acids is 1. The molecule has 1 fully saturated rings. The normalized spacial score (nSPS) is 23.1. The van der Waals surface area contributed by atoms with Gasteiger partial charge in [0.15, 0.2) is 0 Å². The maximum Gasteiger partial charge on any atom is 0.255 e. The number of nitrogens with one attached hydrogen (secondary N) is 1. The lowest BCUT2D eigenvalue weighted by Gasteiger charge is -2.25. The largest absolute Gasteiger partial charge is 0.507 e. The summed E-state index contributed by atoms with van der Waals surface area (Å²) in [4.78, 5) is 12.0. The van der Waals surface area contributed by atoms with Crippen LogP contribution < -0.4 is 5.32 Å². The van der Waals surface area contributed by atoms with Gasteiger partial charge in [0.25, 0.3) is 5.91 Å². The molecule has 2 rings (SSSR count). The van der Waals surface area contributed by atoms with Crippen molar-refractivity contribution in [3.8, 4) is 5.75 Å². The molecule has 19 heavy (non-hydrogen) atoms. The van der Waals surface area contributed by atoms with Crippen LogP contribution in [0.25, 0.3) is 0 Å². The Balaban J connectivity index is 1.89. The molecule has 0 saturated heterocycles. The van der Waals surface area contributed by atoms with Crippen molar-refractivity contribution < 1.29 is 9.90 Å². The van der Waals surface area contributed by atoms with E-state index in [-0.39, 0.29) is 11.7 Å². The average molecular weight is 282 g/mol. The lowest BCUT2D eigenvalue weighted by molar-refractivity contribution is 0.0941. The van der Waals surface area contributed by atoms with Gasteiger partial charge in [-0.25, -0.2) is 0 Å². The number of benzene rings is 1. The Morgan fingerprint density at radius 1 is 1.37 bits per heavy atom. The molecule has 1 saturated carbocycles. The number of phenols is 1. The highest BCUT2D eigenvalue weighted by Gasteiger charge is 2.20. The van der Waals surface area contributed by atoms with Crippen molar-refractivity contribution in [1.29, 1.82) is 0 Å². The molecule has 0 unspecified atom stereocenters. The van der Waals surface area contributed by atoms with Crippen molar-refractivity contribution in [2.45, 2.75) is 38.0 Å². The molecule has 0 aromatic heterocycles. The van der Waals surface area contributed by atoms with E-state index in [1.807, 2.05) is 6.92 Å². The predicted molar refractivity (Wildman–Crippen MR) is 76.8 cm³/mol. The second-order valence-corrected chi connectivity index (χ2v) is 5.97. The fourth-order valence-electron chi connectivity index (χ4n) is 2.49. The van der Waals surface area contributed by atoms with Gasteiger partial charge >= 0.3 is 0 Å². The molecule has 0 aliphatic heterocycles. The van der Waals surface area contributed by atoms with Crippen LogP contribution in [0.15, 0.2) is 18.2 Å². The maximum absolute atomic E-state index is 12.0. The Kier molecular flexibility index (Phi) is 4.70. The quantitative estimate of drug-likeness (QED) is 0.836. The summed E-state index contributed by atoms with van der Waals surface area (Å²) in [6.45, 7) is 2.56. The van der Waals surface area contributed by atoms with Gasteiger partial charge in [0.2, 0.25) is 0 Å². The van der Waals surface area contributed by atoms with E-state index in [1.165, 1.54) is 0 Å². The van der Waals surface area contributed by atoms with Crippen LogP contribution in [0.3, 0.4) is 0 Å². The van der Waals surface area contributed by atoms with Crippen molar-refractivity contribution in [3.63, 3.8) is 0 Å². The Hall–Kier alpha value is -1.22. The lowest BCUT2D eigenvalue weighted by Crippen LogP contribution is -2.31. The number of hydrogen-bond acceptors (Lipinski definition) is 2. The van der Waals surface area contributed by atoms with Gasteiger partial charge in [0, 0.05) is 11.9 Å². The second kappa shape index (κ2) is 6.29. The first-order chi connectivity index (χ1) is 9.06. The highest BCUT2D eigenvalue weighted by atomic mass is 35.5. The summed E-state index contributed by atoms with van der Waals surface area (Å²) in [5, 5.41) is 12.9. The van der Waals surface area contributed by atoms with E-state index in [0.717, 1.165) is 31.2 Å². The first kappa shape index (κ1) is 14.2. The molecule has 0 bridgehead atoms. The van der Waals surface area contributed by atoms with E-state index in [2.05, 4.69) is 5.32 Å². The van der Waals surface area contributed by atoms with Gasteiger partial charge in [-0.05, 0) is 50.7 Å². The number of amides is 1. The smallest absolute Gasteiger partial charge is 0.255 e. The van der Waals surface area contributed by atoms with Crippen LogP contribution >= 0.6 is 11.6 Å². The van der Waals surface area contributed by atoms with Gasteiger partial charge < -0.3 is 10.4 Å². The average Bonchev–Trinajstić information content (AvgIpc) is 2.40. The maximum atomic E-state index is 12.0. The van der Waals surface area contributed by atoms with Crippen LogP contribution in [-0.2, 0) is 0 Å². The topological polar surface area (TPSA) is 49.3 Å². The summed E-state index contributed by atoms with van der Waals surface area (Å²) >= 11 is 6.06. The number of carbonyl (C=O) groups is 1. The highest BCUT2D eigenvalue weighted by molar-refractivity contribution is 6.20. The molecule has 1 aliphatic rings.